The molecule has 0 aliphatic carbocycles. The first-order valence-electron chi connectivity index (χ1n) is 4.94. The summed E-state index contributed by atoms with van der Waals surface area (Å²) in [6.07, 6.45) is 2.72. The lowest BCUT2D eigenvalue weighted by Gasteiger charge is -2.13. The molecule has 0 radical (unpaired) electrons. The molecule has 0 aromatic carbocycles. The number of hydrogen-bond donors (Lipinski definition) is 2. The number of pyridine rings is 1. The minimum atomic E-state index is 0.0135. The van der Waals surface area contributed by atoms with Crippen LogP contribution in [0.2, 0.25) is 5.15 Å². The number of hydrazone groups is 1. The summed E-state index contributed by atoms with van der Waals surface area (Å²) in [5.41, 5.74) is 4.47. The number of piperidine rings is 1. The summed E-state index contributed by atoms with van der Waals surface area (Å²) < 4.78 is 0. The molecule has 0 unspecified atom stereocenters. The minimum absolute atomic E-state index is 0.0135. The van der Waals surface area contributed by atoms with E-state index < -0.39 is 0 Å². The van der Waals surface area contributed by atoms with Gasteiger partial charge in [0.15, 0.2) is 0 Å². The Hall–Kier alpha value is -1.62. The highest BCUT2D eigenvalue weighted by Gasteiger charge is 2.13. The zero-order valence-electron chi connectivity index (χ0n) is 8.53. The fourth-order valence-corrected chi connectivity index (χ4v) is 1.57. The van der Waals surface area contributed by atoms with Gasteiger partial charge in [-0.15, -0.1) is 0 Å². The van der Waals surface area contributed by atoms with Crippen LogP contribution >= 0.6 is 11.6 Å². The number of carbonyl (C=O) groups is 1. The van der Waals surface area contributed by atoms with Crippen LogP contribution < -0.4 is 10.7 Å². The van der Waals surface area contributed by atoms with Crippen LogP contribution in [0.15, 0.2) is 23.4 Å². The predicted octanol–water partition coefficient (Wildman–Crippen LogP) is 1.41. The lowest BCUT2D eigenvalue weighted by Crippen LogP contribution is -2.34. The largest absolute Gasteiger partial charge is 0.355 e. The molecule has 1 saturated heterocycles. The monoisotopic (exact) mass is 238 g/mol. The molecule has 1 aromatic heterocycles. The van der Waals surface area contributed by atoms with Gasteiger partial charge in [-0.05, 0) is 6.07 Å². The second-order valence-electron chi connectivity index (χ2n) is 3.43. The van der Waals surface area contributed by atoms with E-state index in [1.165, 1.54) is 0 Å². The van der Waals surface area contributed by atoms with Crippen LogP contribution in [0, 0.1) is 0 Å². The van der Waals surface area contributed by atoms with Crippen LogP contribution in [0.4, 0.5) is 5.69 Å². The van der Waals surface area contributed by atoms with E-state index in [2.05, 4.69) is 20.8 Å². The molecule has 2 heterocycles. The van der Waals surface area contributed by atoms with E-state index in [4.69, 9.17) is 11.6 Å². The lowest BCUT2D eigenvalue weighted by molar-refractivity contribution is -0.120. The molecule has 2 N–H and O–H groups in total. The molecule has 16 heavy (non-hydrogen) atoms. The highest BCUT2D eigenvalue weighted by Crippen LogP contribution is 2.12. The number of rotatable bonds is 2. The van der Waals surface area contributed by atoms with Crippen LogP contribution in [0.1, 0.15) is 12.8 Å². The molecule has 5 nitrogen and oxygen atoms in total. The third-order valence-corrected chi connectivity index (χ3v) is 2.38. The second kappa shape index (κ2) is 4.94. The Labute approximate surface area is 97.9 Å². The van der Waals surface area contributed by atoms with Gasteiger partial charge in [-0.2, -0.15) is 5.10 Å². The SMILES string of the molecule is O=C1C/C(=N/Nc2ccnc(Cl)c2)CCN1. The van der Waals surface area contributed by atoms with Gasteiger partial charge in [-0.3, -0.25) is 10.2 Å². The van der Waals surface area contributed by atoms with Gasteiger partial charge >= 0.3 is 0 Å². The second-order valence-corrected chi connectivity index (χ2v) is 3.82. The quantitative estimate of drug-likeness (QED) is 0.605. The van der Waals surface area contributed by atoms with E-state index in [0.29, 0.717) is 18.1 Å². The fourth-order valence-electron chi connectivity index (χ4n) is 1.39. The fraction of sp³-hybridized carbons (Fsp3) is 0.300. The first-order valence-corrected chi connectivity index (χ1v) is 5.31. The molecule has 1 aliphatic rings. The minimum Gasteiger partial charge on any atom is -0.355 e. The van der Waals surface area contributed by atoms with Crippen LogP contribution in [-0.2, 0) is 4.79 Å². The maximum atomic E-state index is 11.1. The zero-order chi connectivity index (χ0) is 11.4. The van der Waals surface area contributed by atoms with Crippen molar-refractivity contribution < 1.29 is 4.79 Å². The number of anilines is 1. The maximum absolute atomic E-state index is 11.1. The van der Waals surface area contributed by atoms with Crippen molar-refractivity contribution in [2.24, 2.45) is 5.10 Å². The smallest absolute Gasteiger partial charge is 0.225 e. The first-order chi connectivity index (χ1) is 7.74. The summed E-state index contributed by atoms with van der Waals surface area (Å²) in [4.78, 5) is 14.9. The first kappa shape index (κ1) is 10.9. The van der Waals surface area contributed by atoms with Crippen molar-refractivity contribution in [2.75, 3.05) is 12.0 Å². The summed E-state index contributed by atoms with van der Waals surface area (Å²) in [6, 6.07) is 3.44. The molecule has 0 bridgehead atoms. The average molecular weight is 239 g/mol. The lowest BCUT2D eigenvalue weighted by atomic mass is 10.1. The summed E-state index contributed by atoms with van der Waals surface area (Å²) in [6.45, 7) is 0.649. The summed E-state index contributed by atoms with van der Waals surface area (Å²) in [5, 5.41) is 7.31. The number of halogens is 1. The van der Waals surface area contributed by atoms with Gasteiger partial charge in [0.2, 0.25) is 5.91 Å². The Morgan fingerprint density at radius 2 is 2.44 bits per heavy atom. The number of carbonyl (C=O) groups excluding carboxylic acids is 1. The van der Waals surface area contributed by atoms with Crippen LogP contribution in [-0.4, -0.2) is 23.1 Å². The summed E-state index contributed by atoms with van der Waals surface area (Å²) in [7, 11) is 0. The van der Waals surface area contributed by atoms with E-state index in [-0.39, 0.29) is 5.91 Å². The van der Waals surface area contributed by atoms with Crippen molar-refractivity contribution in [3.8, 4) is 0 Å². The maximum Gasteiger partial charge on any atom is 0.225 e. The third kappa shape index (κ3) is 2.93. The molecular formula is C10H11ClN4O. The topological polar surface area (TPSA) is 66.4 Å². The van der Waals surface area contributed by atoms with Crippen molar-refractivity contribution in [1.82, 2.24) is 10.3 Å². The van der Waals surface area contributed by atoms with E-state index in [9.17, 15) is 4.79 Å². The van der Waals surface area contributed by atoms with Crippen molar-refractivity contribution in [2.45, 2.75) is 12.8 Å². The Kier molecular flexibility index (Phi) is 3.36. The van der Waals surface area contributed by atoms with E-state index in [0.717, 1.165) is 17.8 Å². The molecule has 0 saturated carbocycles. The number of amides is 1. The van der Waals surface area contributed by atoms with Crippen molar-refractivity contribution >= 4 is 28.9 Å². The van der Waals surface area contributed by atoms with Crippen molar-refractivity contribution in [1.29, 1.82) is 0 Å². The van der Waals surface area contributed by atoms with Crippen molar-refractivity contribution in [3.63, 3.8) is 0 Å². The predicted molar refractivity (Wildman–Crippen MR) is 62.5 cm³/mol. The van der Waals surface area contributed by atoms with Crippen LogP contribution in [0.5, 0.6) is 0 Å². The normalized spacial score (nSPS) is 18.3. The van der Waals surface area contributed by atoms with Gasteiger partial charge in [0.1, 0.15) is 5.15 Å². The molecule has 1 amide bonds. The van der Waals surface area contributed by atoms with E-state index >= 15 is 0 Å². The Morgan fingerprint density at radius 1 is 1.56 bits per heavy atom. The molecule has 0 spiro atoms. The molecule has 1 aromatic rings. The molecule has 84 valence electrons. The zero-order valence-corrected chi connectivity index (χ0v) is 9.29. The van der Waals surface area contributed by atoms with Gasteiger partial charge in [0.05, 0.1) is 12.1 Å². The highest BCUT2D eigenvalue weighted by molar-refractivity contribution is 6.29. The number of nitrogens with one attached hydrogen (secondary N) is 2. The highest BCUT2D eigenvalue weighted by atomic mass is 35.5. The summed E-state index contributed by atoms with van der Waals surface area (Å²) >= 11 is 5.73. The molecule has 1 aliphatic heterocycles. The molecule has 2 rings (SSSR count). The Balaban J connectivity index is 2.00. The van der Waals surface area contributed by atoms with Gasteiger partial charge < -0.3 is 5.32 Å². The standard InChI is InChI=1S/C10H11ClN4O/c11-9-5-7(1-3-12-9)14-15-8-2-4-13-10(16)6-8/h1,3,5H,2,4,6H2,(H,12,14)(H,13,16)/b15-8+. The van der Waals surface area contributed by atoms with E-state index in [1.807, 2.05) is 0 Å². The van der Waals surface area contributed by atoms with E-state index in [1.54, 1.807) is 18.3 Å². The average Bonchev–Trinajstić information content (AvgIpc) is 2.27. The van der Waals surface area contributed by atoms with Gasteiger partial charge in [-0.25, -0.2) is 4.98 Å². The third-order valence-electron chi connectivity index (χ3n) is 2.17. The molecule has 1 fully saturated rings. The van der Waals surface area contributed by atoms with Crippen LogP contribution in [0.3, 0.4) is 0 Å². The van der Waals surface area contributed by atoms with Gasteiger partial charge in [0, 0.05) is 30.9 Å². The van der Waals surface area contributed by atoms with Crippen LogP contribution in [0.25, 0.3) is 0 Å². The number of hydrogen-bond acceptors (Lipinski definition) is 4. The van der Waals surface area contributed by atoms with Crippen molar-refractivity contribution in [3.05, 3.63) is 23.5 Å². The number of aromatic nitrogens is 1. The molecule has 6 heteroatoms. The summed E-state index contributed by atoms with van der Waals surface area (Å²) in [5.74, 6) is 0.0135. The van der Waals surface area contributed by atoms with Gasteiger partial charge in [0.25, 0.3) is 0 Å². The molecule has 0 atom stereocenters. The Morgan fingerprint density at radius 3 is 3.19 bits per heavy atom. The van der Waals surface area contributed by atoms with Gasteiger partial charge in [-0.1, -0.05) is 11.6 Å². The Bertz CT molecular complexity index is 433. The number of nitrogens with zero attached hydrogens (tertiary/aromatic N) is 2. The molecular weight excluding hydrogens is 228 g/mol.